The quantitative estimate of drug-likeness (QED) is 0.0887. The second kappa shape index (κ2) is 13.4. The van der Waals surface area contributed by atoms with E-state index in [9.17, 15) is 14.0 Å². The van der Waals surface area contributed by atoms with Gasteiger partial charge in [0, 0.05) is 31.5 Å². The van der Waals surface area contributed by atoms with E-state index in [0.29, 0.717) is 22.2 Å². The molecule has 4 aromatic rings. The number of hydrogen-bond donors (Lipinski definition) is 3. The van der Waals surface area contributed by atoms with Gasteiger partial charge < -0.3 is 9.88 Å². The first-order valence-electron chi connectivity index (χ1n) is 11.5. The van der Waals surface area contributed by atoms with Gasteiger partial charge in [0.05, 0.1) is 6.33 Å². The van der Waals surface area contributed by atoms with Gasteiger partial charge in [-0.25, -0.2) is 15.0 Å². The fourth-order valence-electron chi connectivity index (χ4n) is 3.34. The van der Waals surface area contributed by atoms with Crippen LogP contribution in [0.4, 0.5) is 16.0 Å². The average Bonchev–Trinajstić information content (AvgIpc) is 3.60. The summed E-state index contributed by atoms with van der Waals surface area (Å²) in [7, 11) is 0. The predicted molar refractivity (Wildman–Crippen MR) is 155 cm³/mol. The van der Waals surface area contributed by atoms with Crippen molar-refractivity contribution in [1.29, 1.82) is 0 Å². The number of carbonyl (C=O) groups excluding carboxylic acids is 2. The molecule has 2 unspecified atom stereocenters. The molecule has 0 radical (unpaired) electrons. The van der Waals surface area contributed by atoms with E-state index in [1.54, 1.807) is 48.1 Å². The number of aromatic nitrogens is 6. The maximum absolute atomic E-state index is 14.5. The van der Waals surface area contributed by atoms with Crippen molar-refractivity contribution in [2.24, 2.45) is 0 Å². The van der Waals surface area contributed by atoms with Crippen LogP contribution in [0.25, 0.3) is 0 Å². The van der Waals surface area contributed by atoms with Crippen LogP contribution < -0.4 is 16.0 Å². The summed E-state index contributed by atoms with van der Waals surface area (Å²) >= 11 is 8.86. The Labute approximate surface area is 261 Å². The molecule has 0 saturated heterocycles. The Kier molecular flexibility index (Phi) is 10.2. The molecule has 0 bridgehead atoms. The summed E-state index contributed by atoms with van der Waals surface area (Å²) in [6.07, 6.45) is 10.3. The molecule has 2 amide bonds. The Hall–Kier alpha value is -2.32. The number of thiazole rings is 1. The van der Waals surface area contributed by atoms with Crippen LogP contribution in [0.2, 0.25) is 5.02 Å². The van der Waals surface area contributed by atoms with Gasteiger partial charge in [-0.3, -0.25) is 4.79 Å². The van der Waals surface area contributed by atoms with E-state index in [4.69, 9.17) is 11.6 Å². The Morgan fingerprint density at radius 2 is 2.03 bits per heavy atom. The molecule has 0 spiro atoms. The van der Waals surface area contributed by atoms with Crippen LogP contribution in [-0.2, 0) is 7.78 Å². The first kappa shape index (κ1) is 29.7. The number of anilines is 2. The zero-order valence-corrected chi connectivity index (χ0v) is 28.7. The molecule has 0 aliphatic rings. The maximum atomic E-state index is 14.5. The third-order valence-electron chi connectivity index (χ3n) is 5.28. The van der Waals surface area contributed by atoms with E-state index < -0.39 is 19.1 Å². The number of imidazole rings is 1. The fraction of sp³-hybridized carbons (Fsp3) is 0.261. The third-order valence-corrected chi connectivity index (χ3v) is 8.55. The number of pyridine rings is 1. The Morgan fingerprint density at radius 1 is 1.21 bits per heavy atom. The van der Waals surface area contributed by atoms with Crippen molar-refractivity contribution in [2.45, 2.75) is 27.2 Å². The monoisotopic (exact) mass is 873 g/mol. The van der Waals surface area contributed by atoms with Gasteiger partial charge in [0.25, 0.3) is 0 Å². The summed E-state index contributed by atoms with van der Waals surface area (Å²) in [5.41, 5.74) is 0.478. The molecule has 0 aliphatic heterocycles. The fourth-order valence-corrected chi connectivity index (χ4v) is 6.29. The van der Waals surface area contributed by atoms with Crippen molar-refractivity contribution in [3.8, 4) is 0 Å². The number of halogens is 3. The zero-order valence-electron chi connectivity index (χ0n) is 20.4. The van der Waals surface area contributed by atoms with E-state index in [0.717, 1.165) is 24.3 Å². The number of nitrogens with zero attached hydrogens (tertiary/aromatic N) is 6. The topological polar surface area (TPSA) is 140 Å². The number of alkyl halides is 2. The van der Waals surface area contributed by atoms with Gasteiger partial charge in [0.1, 0.15) is 17.8 Å². The normalized spacial score (nSPS) is 13.3. The summed E-state index contributed by atoms with van der Waals surface area (Å²) < 4.78 is 14.9. The number of amides is 2. The standard InChI is InChI=1S/C23H21ClFIN9O2S.Tl/c1-13(23-30-10-17(38-23)22(37)34-19-7-14(20(25)26)15(24)9-29-19)33-21(36)16-8-18(32-11-31-16)28-3-2-5-35-6-4-27-12-35;/h4,6-13H,2-3,5H2,1H3,(H,33,36)(H,28,31,32)(H,29,34,37);. The van der Waals surface area contributed by atoms with E-state index in [-0.39, 0.29) is 47.9 Å². The average molecular weight is 873 g/mol. The summed E-state index contributed by atoms with van der Waals surface area (Å²) in [4.78, 5) is 46.4. The van der Waals surface area contributed by atoms with Crippen molar-refractivity contribution >= 4 is 94.7 Å². The molecule has 16 heteroatoms. The third kappa shape index (κ3) is 8.34. The van der Waals surface area contributed by atoms with Crippen molar-refractivity contribution in [1.82, 2.24) is 34.8 Å². The minimum absolute atomic E-state index is 0.0178. The molecule has 4 aromatic heterocycles. The van der Waals surface area contributed by atoms with Crippen molar-refractivity contribution < 1.29 is 14.0 Å². The number of nitrogens with one attached hydrogen (secondary N) is 3. The summed E-state index contributed by atoms with van der Waals surface area (Å²) in [5, 5.41) is 9.41. The van der Waals surface area contributed by atoms with Gasteiger partial charge in [0.15, 0.2) is 0 Å². The van der Waals surface area contributed by atoms with Gasteiger partial charge in [-0.2, -0.15) is 0 Å². The Morgan fingerprint density at radius 3 is 2.77 bits per heavy atom. The molecule has 39 heavy (non-hydrogen) atoms. The molecule has 11 nitrogen and oxygen atoms in total. The molecule has 3 N–H and O–H groups in total. The van der Waals surface area contributed by atoms with Crippen LogP contribution in [0.5, 0.6) is 0 Å². The zero-order chi connectivity index (χ0) is 28.0. The number of rotatable bonds is 11. The van der Waals surface area contributed by atoms with Crippen LogP contribution in [0, 0.1) is 0 Å². The molecule has 0 saturated carbocycles. The van der Waals surface area contributed by atoms with Crippen molar-refractivity contribution in [3.63, 3.8) is 0 Å². The molecule has 0 aliphatic carbocycles. The van der Waals surface area contributed by atoms with E-state index in [2.05, 4.69) is 40.9 Å². The first-order chi connectivity index (χ1) is 18.6. The molecular formula is C23H21ClFIN9O2STl. The molecule has 0 fully saturated rings. The predicted octanol–water partition coefficient (Wildman–Crippen LogP) is 4.11. The Bertz CT molecular complexity index is 1450. The van der Waals surface area contributed by atoms with Gasteiger partial charge in [-0.05, 0) is 6.42 Å². The van der Waals surface area contributed by atoms with E-state index in [1.165, 1.54) is 24.8 Å². The van der Waals surface area contributed by atoms with Gasteiger partial charge in [-0.1, -0.05) is 0 Å². The van der Waals surface area contributed by atoms with Crippen molar-refractivity contribution in [2.75, 3.05) is 17.2 Å². The minimum atomic E-state index is -1.57. The van der Waals surface area contributed by atoms with Gasteiger partial charge in [-0.15, -0.1) is 0 Å². The summed E-state index contributed by atoms with van der Waals surface area (Å²) in [6.45, 7) is 3.23. The van der Waals surface area contributed by atoms with Crippen LogP contribution in [0.1, 0.15) is 50.1 Å². The van der Waals surface area contributed by atoms with E-state index >= 15 is 0 Å². The van der Waals surface area contributed by atoms with Crippen LogP contribution >= 0.6 is 45.5 Å². The van der Waals surface area contributed by atoms with Crippen molar-refractivity contribution in [3.05, 3.63) is 75.7 Å². The first-order valence-corrected chi connectivity index (χ1v) is 16.0. The molecule has 200 valence electrons. The van der Waals surface area contributed by atoms with Crippen LogP contribution in [-0.4, -0.2) is 73.6 Å². The molecule has 4 rings (SSSR count). The number of carbonyl (C=O) groups is 2. The van der Waals surface area contributed by atoms with Gasteiger partial charge >= 0.3 is 172 Å². The van der Waals surface area contributed by atoms with Crippen LogP contribution in [0.3, 0.4) is 0 Å². The number of hydrogen-bond acceptors (Lipinski definition) is 9. The second-order valence-corrected chi connectivity index (χ2v) is 19.0. The molecule has 0 aromatic carbocycles. The SMILES string of the molecule is CC(NC(=O)c1cc(NCCCn2ccnc2)ncn1)c1ncc(C(=O)Nc2cc([C](F)(I)[Tl])c(Cl)cn2)s1. The van der Waals surface area contributed by atoms with Crippen LogP contribution in [0.15, 0.2) is 49.6 Å². The van der Waals surface area contributed by atoms with E-state index in [1.807, 2.05) is 10.8 Å². The second-order valence-electron chi connectivity index (χ2n) is 8.25. The Balaban J connectivity index is 1.32. The molecule has 4 heterocycles. The van der Waals surface area contributed by atoms with Gasteiger partial charge in [0.2, 0.25) is 0 Å². The molecular weight excluding hydrogens is 852 g/mol. The number of aryl methyl sites for hydroxylation is 1. The summed E-state index contributed by atoms with van der Waals surface area (Å²) in [5.74, 6) is -0.127. The summed E-state index contributed by atoms with van der Waals surface area (Å²) in [6, 6.07) is 2.53. The molecule has 2 atom stereocenters.